The zero-order valence-corrected chi connectivity index (χ0v) is 11.6. The number of benzene rings is 1. The Morgan fingerprint density at radius 3 is 2.65 bits per heavy atom. The highest BCUT2D eigenvalue weighted by molar-refractivity contribution is 7.80. The third-order valence-electron chi connectivity index (χ3n) is 2.17. The molecule has 3 nitrogen and oxygen atoms in total. The summed E-state index contributed by atoms with van der Waals surface area (Å²) >= 11 is 16.6. The molecule has 0 bridgehead atoms. The molecule has 0 saturated heterocycles. The smallest absolute Gasteiger partial charge is 0.255 e. The van der Waals surface area contributed by atoms with E-state index < -0.39 is 0 Å². The third kappa shape index (κ3) is 3.84. The summed E-state index contributed by atoms with van der Waals surface area (Å²) in [7, 11) is 0. The molecule has 0 aliphatic carbocycles. The van der Waals surface area contributed by atoms with Crippen LogP contribution in [0.2, 0.25) is 10.0 Å². The van der Waals surface area contributed by atoms with Crippen molar-refractivity contribution in [2.45, 2.75) is 6.92 Å². The van der Waals surface area contributed by atoms with Gasteiger partial charge in [0, 0.05) is 11.6 Å². The van der Waals surface area contributed by atoms with Gasteiger partial charge in [-0.1, -0.05) is 35.4 Å². The maximum atomic E-state index is 12.2. The SMILES string of the molecule is CCN(CC(N)=S)C(=O)c1cc(Cl)ccc1Cl. The molecule has 0 unspecified atom stereocenters. The van der Waals surface area contributed by atoms with Gasteiger partial charge in [0.05, 0.1) is 22.1 Å². The van der Waals surface area contributed by atoms with Crippen molar-refractivity contribution in [2.75, 3.05) is 13.1 Å². The summed E-state index contributed by atoms with van der Waals surface area (Å²) in [5.41, 5.74) is 5.79. The van der Waals surface area contributed by atoms with Gasteiger partial charge in [0.2, 0.25) is 0 Å². The van der Waals surface area contributed by atoms with Crippen LogP contribution in [0.5, 0.6) is 0 Å². The minimum atomic E-state index is -0.229. The predicted octanol–water partition coefficient (Wildman–Crippen LogP) is 2.74. The van der Waals surface area contributed by atoms with Crippen molar-refractivity contribution >= 4 is 46.3 Å². The van der Waals surface area contributed by atoms with E-state index in [1.807, 2.05) is 6.92 Å². The van der Waals surface area contributed by atoms with Gasteiger partial charge in [-0.2, -0.15) is 0 Å². The van der Waals surface area contributed by atoms with E-state index in [0.29, 0.717) is 22.2 Å². The molecule has 1 rings (SSSR count). The van der Waals surface area contributed by atoms with Crippen LogP contribution in [0.4, 0.5) is 0 Å². The maximum absolute atomic E-state index is 12.2. The molecular weight excluding hydrogens is 279 g/mol. The molecule has 0 spiro atoms. The van der Waals surface area contributed by atoms with E-state index in [1.54, 1.807) is 12.1 Å². The van der Waals surface area contributed by atoms with Crippen LogP contribution in [0.15, 0.2) is 18.2 Å². The number of rotatable bonds is 4. The second kappa shape index (κ2) is 6.19. The Morgan fingerprint density at radius 1 is 1.47 bits per heavy atom. The van der Waals surface area contributed by atoms with Gasteiger partial charge in [0.25, 0.3) is 5.91 Å². The van der Waals surface area contributed by atoms with Gasteiger partial charge in [-0.25, -0.2) is 0 Å². The Bertz CT molecular complexity index is 451. The zero-order chi connectivity index (χ0) is 13.0. The van der Waals surface area contributed by atoms with Crippen molar-refractivity contribution in [2.24, 2.45) is 5.73 Å². The third-order valence-corrected chi connectivity index (χ3v) is 2.87. The summed E-state index contributed by atoms with van der Waals surface area (Å²) in [5, 5.41) is 0.824. The summed E-state index contributed by atoms with van der Waals surface area (Å²) in [4.78, 5) is 13.9. The Kier molecular flexibility index (Phi) is 5.18. The minimum Gasteiger partial charge on any atom is -0.392 e. The molecule has 1 amide bonds. The number of hydrogen-bond donors (Lipinski definition) is 1. The summed E-state index contributed by atoms with van der Waals surface area (Å²) in [5.74, 6) is -0.229. The van der Waals surface area contributed by atoms with Gasteiger partial charge in [0.1, 0.15) is 0 Å². The van der Waals surface area contributed by atoms with E-state index in [0.717, 1.165) is 0 Å². The average Bonchev–Trinajstić information content (AvgIpc) is 2.28. The summed E-state index contributed by atoms with van der Waals surface area (Å²) in [6.07, 6.45) is 0. The van der Waals surface area contributed by atoms with Gasteiger partial charge in [-0.3, -0.25) is 4.79 Å². The van der Waals surface area contributed by atoms with Crippen LogP contribution in [0.1, 0.15) is 17.3 Å². The first kappa shape index (κ1) is 14.2. The first-order chi connectivity index (χ1) is 7.95. The van der Waals surface area contributed by atoms with Crippen LogP contribution in [0.3, 0.4) is 0 Å². The standard InChI is InChI=1S/C11H12Cl2N2OS/c1-2-15(6-10(14)17)11(16)8-5-7(12)3-4-9(8)13/h3-5H,2,6H2,1H3,(H2,14,17). The van der Waals surface area contributed by atoms with Crippen molar-refractivity contribution in [3.8, 4) is 0 Å². The Hall–Kier alpha value is -0.840. The van der Waals surface area contributed by atoms with Crippen molar-refractivity contribution in [1.82, 2.24) is 4.90 Å². The van der Waals surface area contributed by atoms with E-state index in [4.69, 9.17) is 41.2 Å². The highest BCUT2D eigenvalue weighted by Gasteiger charge is 2.17. The van der Waals surface area contributed by atoms with E-state index in [-0.39, 0.29) is 17.4 Å². The summed E-state index contributed by atoms with van der Waals surface area (Å²) < 4.78 is 0. The monoisotopic (exact) mass is 290 g/mol. The molecule has 0 aliphatic heterocycles. The molecule has 0 heterocycles. The zero-order valence-electron chi connectivity index (χ0n) is 9.24. The quantitative estimate of drug-likeness (QED) is 0.868. The lowest BCUT2D eigenvalue weighted by Gasteiger charge is -2.20. The van der Waals surface area contributed by atoms with Gasteiger partial charge in [-0.05, 0) is 25.1 Å². The lowest BCUT2D eigenvalue weighted by Crippen LogP contribution is -2.37. The van der Waals surface area contributed by atoms with Crippen molar-refractivity contribution in [1.29, 1.82) is 0 Å². The number of thiocarbonyl (C=S) groups is 1. The normalized spacial score (nSPS) is 10.1. The van der Waals surface area contributed by atoms with Crippen LogP contribution in [-0.2, 0) is 0 Å². The number of carbonyl (C=O) groups excluding carboxylic acids is 1. The number of amides is 1. The topological polar surface area (TPSA) is 46.3 Å². The Morgan fingerprint density at radius 2 is 2.12 bits per heavy atom. The molecule has 0 radical (unpaired) electrons. The van der Waals surface area contributed by atoms with Crippen LogP contribution in [0.25, 0.3) is 0 Å². The van der Waals surface area contributed by atoms with Gasteiger partial charge in [0.15, 0.2) is 0 Å². The number of halogens is 2. The fourth-order valence-electron chi connectivity index (χ4n) is 1.35. The molecule has 1 aromatic rings. The molecular formula is C11H12Cl2N2OS. The molecule has 92 valence electrons. The molecule has 0 aromatic heterocycles. The predicted molar refractivity (Wildman–Crippen MR) is 74.8 cm³/mol. The maximum Gasteiger partial charge on any atom is 0.255 e. The van der Waals surface area contributed by atoms with Gasteiger partial charge in [-0.15, -0.1) is 0 Å². The van der Waals surface area contributed by atoms with Gasteiger partial charge >= 0.3 is 0 Å². The molecule has 0 saturated carbocycles. The fourth-order valence-corrected chi connectivity index (χ4v) is 1.87. The van der Waals surface area contributed by atoms with E-state index in [2.05, 4.69) is 0 Å². The highest BCUT2D eigenvalue weighted by Crippen LogP contribution is 2.22. The first-order valence-electron chi connectivity index (χ1n) is 4.98. The Balaban J connectivity index is 3.01. The molecule has 17 heavy (non-hydrogen) atoms. The molecule has 1 aromatic carbocycles. The first-order valence-corrected chi connectivity index (χ1v) is 6.14. The largest absolute Gasteiger partial charge is 0.392 e. The molecule has 2 N–H and O–H groups in total. The second-order valence-electron chi connectivity index (χ2n) is 3.41. The molecule has 6 heteroatoms. The van der Waals surface area contributed by atoms with E-state index in [9.17, 15) is 4.79 Å². The van der Waals surface area contributed by atoms with Crippen LogP contribution in [-0.4, -0.2) is 28.9 Å². The molecule has 0 atom stereocenters. The lowest BCUT2D eigenvalue weighted by atomic mass is 10.2. The Labute approximate surface area is 115 Å². The van der Waals surface area contributed by atoms with Crippen LogP contribution >= 0.6 is 35.4 Å². The number of carbonyl (C=O) groups is 1. The van der Waals surface area contributed by atoms with Crippen molar-refractivity contribution < 1.29 is 4.79 Å². The second-order valence-corrected chi connectivity index (χ2v) is 4.78. The summed E-state index contributed by atoms with van der Waals surface area (Å²) in [6, 6.07) is 4.75. The average molecular weight is 291 g/mol. The minimum absolute atomic E-state index is 0.229. The van der Waals surface area contributed by atoms with Crippen molar-refractivity contribution in [3.05, 3.63) is 33.8 Å². The molecule has 0 aliphatic rings. The van der Waals surface area contributed by atoms with E-state index in [1.165, 1.54) is 11.0 Å². The van der Waals surface area contributed by atoms with Gasteiger partial charge < -0.3 is 10.6 Å². The fraction of sp³-hybridized carbons (Fsp3) is 0.273. The number of likely N-dealkylation sites (N-methyl/N-ethyl adjacent to an activating group) is 1. The van der Waals surface area contributed by atoms with Crippen LogP contribution < -0.4 is 5.73 Å². The highest BCUT2D eigenvalue weighted by atomic mass is 35.5. The van der Waals surface area contributed by atoms with Crippen LogP contribution in [0, 0.1) is 0 Å². The number of nitrogens with zero attached hydrogens (tertiary/aromatic N) is 1. The van der Waals surface area contributed by atoms with Crippen molar-refractivity contribution in [3.63, 3.8) is 0 Å². The molecule has 0 fully saturated rings. The van der Waals surface area contributed by atoms with E-state index >= 15 is 0 Å². The summed E-state index contributed by atoms with van der Waals surface area (Å²) in [6.45, 7) is 2.57. The number of hydrogen-bond acceptors (Lipinski definition) is 2. The lowest BCUT2D eigenvalue weighted by molar-refractivity contribution is 0.0788. The number of nitrogens with two attached hydrogens (primary N) is 1.